The molecule has 0 atom stereocenters. The molecule has 67 valence electrons. The van der Waals surface area contributed by atoms with E-state index in [0.29, 0.717) is 6.10 Å². The predicted molar refractivity (Wildman–Crippen MR) is 51.8 cm³/mol. The molecule has 2 nitrogen and oxygen atoms in total. The first-order valence-corrected chi connectivity index (χ1v) is 4.53. The van der Waals surface area contributed by atoms with Crippen LogP contribution in [-0.2, 0) is 4.84 Å². The molecule has 2 rings (SSSR count). The fraction of sp³-hybridized carbons (Fsp3) is 0.364. The zero-order valence-electron chi connectivity index (χ0n) is 7.66. The van der Waals surface area contributed by atoms with Gasteiger partial charge in [0.25, 0.3) is 0 Å². The lowest BCUT2D eigenvalue weighted by Gasteiger charge is -1.94. The second-order valence-electron chi connectivity index (χ2n) is 3.38. The van der Waals surface area contributed by atoms with Gasteiger partial charge in [-0.05, 0) is 25.8 Å². The third-order valence-corrected chi connectivity index (χ3v) is 1.92. The maximum Gasteiger partial charge on any atom is 0.139 e. The van der Waals surface area contributed by atoms with Gasteiger partial charge in [0.1, 0.15) is 12.3 Å². The number of rotatable bonds is 3. The quantitative estimate of drug-likeness (QED) is 0.509. The zero-order valence-corrected chi connectivity index (χ0v) is 7.66. The summed E-state index contributed by atoms with van der Waals surface area (Å²) in [6, 6.07) is 8.03. The maximum absolute atomic E-state index is 5.11. The van der Waals surface area contributed by atoms with Crippen molar-refractivity contribution in [3.63, 3.8) is 0 Å². The molecule has 0 unspecified atom stereocenters. The fourth-order valence-corrected chi connectivity index (χ4v) is 1.04. The highest BCUT2D eigenvalue weighted by Gasteiger charge is 2.23. The van der Waals surface area contributed by atoms with Gasteiger partial charge in [-0.25, -0.2) is 0 Å². The van der Waals surface area contributed by atoms with Crippen LogP contribution in [0.15, 0.2) is 29.4 Å². The van der Waals surface area contributed by atoms with Crippen LogP contribution in [0.2, 0.25) is 0 Å². The van der Waals surface area contributed by atoms with Gasteiger partial charge in [0.15, 0.2) is 0 Å². The Morgan fingerprint density at radius 1 is 1.46 bits per heavy atom. The first-order valence-electron chi connectivity index (χ1n) is 4.53. The highest BCUT2D eigenvalue weighted by Crippen LogP contribution is 2.23. The Balaban J connectivity index is 1.95. The second kappa shape index (κ2) is 3.60. The standard InChI is InChI=1S/C11H12NO/c1-9-3-2-4-10(7-9)8-12-13-11-5-6-11/h2-4,7,11H,5-6H2,1H3. The van der Waals surface area contributed by atoms with Crippen molar-refractivity contribution in [2.75, 3.05) is 0 Å². The molecule has 0 N–H and O–H groups in total. The number of benzene rings is 1. The molecule has 0 aliphatic heterocycles. The summed E-state index contributed by atoms with van der Waals surface area (Å²) < 4.78 is 0. The van der Waals surface area contributed by atoms with Crippen LogP contribution in [-0.4, -0.2) is 12.3 Å². The molecular weight excluding hydrogens is 162 g/mol. The number of nitrogens with zero attached hydrogens (tertiary/aromatic N) is 1. The van der Waals surface area contributed by atoms with E-state index >= 15 is 0 Å². The second-order valence-corrected chi connectivity index (χ2v) is 3.38. The molecule has 1 aromatic carbocycles. The van der Waals surface area contributed by atoms with E-state index in [2.05, 4.69) is 11.4 Å². The smallest absolute Gasteiger partial charge is 0.139 e. The highest BCUT2D eigenvalue weighted by atomic mass is 16.6. The van der Waals surface area contributed by atoms with Crippen LogP contribution in [0.5, 0.6) is 0 Å². The van der Waals surface area contributed by atoms with Crippen molar-refractivity contribution in [1.29, 1.82) is 0 Å². The molecule has 0 aromatic heterocycles. The Kier molecular flexibility index (Phi) is 2.30. The Morgan fingerprint density at radius 3 is 3.00 bits per heavy atom. The van der Waals surface area contributed by atoms with Crippen molar-refractivity contribution in [3.05, 3.63) is 35.4 Å². The van der Waals surface area contributed by atoms with Crippen molar-refractivity contribution >= 4 is 6.21 Å². The van der Waals surface area contributed by atoms with Crippen LogP contribution in [0.25, 0.3) is 0 Å². The van der Waals surface area contributed by atoms with E-state index in [1.54, 1.807) is 0 Å². The lowest BCUT2D eigenvalue weighted by Crippen LogP contribution is -1.87. The van der Waals surface area contributed by atoms with Crippen molar-refractivity contribution < 1.29 is 4.84 Å². The maximum atomic E-state index is 5.11. The normalized spacial score (nSPS) is 16.4. The topological polar surface area (TPSA) is 21.6 Å². The molecule has 1 fully saturated rings. The minimum absolute atomic E-state index is 0.359. The molecule has 1 aromatic rings. The van der Waals surface area contributed by atoms with E-state index in [-0.39, 0.29) is 0 Å². The van der Waals surface area contributed by atoms with E-state index in [9.17, 15) is 0 Å². The average Bonchev–Trinajstić information content (AvgIpc) is 2.88. The summed E-state index contributed by atoms with van der Waals surface area (Å²) in [6.45, 7) is 2.05. The summed E-state index contributed by atoms with van der Waals surface area (Å²) in [5.41, 5.74) is 2.19. The predicted octanol–water partition coefficient (Wildman–Crippen LogP) is 2.38. The van der Waals surface area contributed by atoms with Crippen LogP contribution in [0, 0.1) is 6.92 Å². The monoisotopic (exact) mass is 174 g/mol. The third-order valence-electron chi connectivity index (χ3n) is 1.92. The molecule has 13 heavy (non-hydrogen) atoms. The van der Waals surface area contributed by atoms with Gasteiger partial charge in [-0.1, -0.05) is 28.9 Å². The van der Waals surface area contributed by atoms with Gasteiger partial charge < -0.3 is 4.84 Å². The van der Waals surface area contributed by atoms with Crippen LogP contribution < -0.4 is 0 Å². The van der Waals surface area contributed by atoms with E-state index in [1.165, 1.54) is 5.56 Å². The van der Waals surface area contributed by atoms with E-state index < -0.39 is 0 Å². The van der Waals surface area contributed by atoms with Crippen molar-refractivity contribution in [2.45, 2.75) is 25.9 Å². The summed E-state index contributed by atoms with van der Waals surface area (Å²) in [5, 5.41) is 3.79. The van der Waals surface area contributed by atoms with Crippen molar-refractivity contribution in [1.82, 2.24) is 0 Å². The molecule has 0 heterocycles. The van der Waals surface area contributed by atoms with Gasteiger partial charge in [-0.2, -0.15) is 0 Å². The van der Waals surface area contributed by atoms with Gasteiger partial charge in [-0.15, -0.1) is 0 Å². The third kappa shape index (κ3) is 2.58. The first-order chi connectivity index (χ1) is 6.34. The molecule has 1 aliphatic carbocycles. The molecular formula is C11H12NO. The number of hydrogen-bond acceptors (Lipinski definition) is 2. The zero-order chi connectivity index (χ0) is 9.10. The van der Waals surface area contributed by atoms with Crippen LogP contribution in [0.4, 0.5) is 0 Å². The van der Waals surface area contributed by atoms with Gasteiger partial charge in [-0.3, -0.25) is 0 Å². The average molecular weight is 174 g/mol. The molecule has 1 saturated carbocycles. The molecule has 0 spiro atoms. The van der Waals surface area contributed by atoms with Gasteiger partial charge in [0, 0.05) is 5.56 Å². The van der Waals surface area contributed by atoms with E-state index in [0.717, 1.165) is 18.4 Å². The minimum Gasteiger partial charge on any atom is -0.392 e. The Morgan fingerprint density at radius 2 is 2.31 bits per heavy atom. The minimum atomic E-state index is 0.359. The van der Waals surface area contributed by atoms with Gasteiger partial charge in [0.2, 0.25) is 0 Å². The number of hydrogen-bond donors (Lipinski definition) is 0. The van der Waals surface area contributed by atoms with Crippen LogP contribution in [0.3, 0.4) is 0 Å². The molecule has 0 saturated heterocycles. The molecule has 1 aliphatic rings. The highest BCUT2D eigenvalue weighted by molar-refractivity contribution is 5.79. The lowest BCUT2D eigenvalue weighted by atomic mass is 10.2. The lowest BCUT2D eigenvalue weighted by molar-refractivity contribution is 0.131. The Bertz CT molecular complexity index is 316. The summed E-state index contributed by atoms with van der Waals surface area (Å²) >= 11 is 0. The first kappa shape index (κ1) is 8.30. The summed E-state index contributed by atoms with van der Waals surface area (Å²) in [5.74, 6) is 0. The van der Waals surface area contributed by atoms with Crippen molar-refractivity contribution in [2.24, 2.45) is 5.16 Å². The molecule has 2 heteroatoms. The molecule has 1 radical (unpaired) electrons. The molecule has 0 bridgehead atoms. The van der Waals surface area contributed by atoms with Crippen LogP contribution >= 0.6 is 0 Å². The Hall–Kier alpha value is -1.31. The Labute approximate surface area is 78.2 Å². The fourth-order valence-electron chi connectivity index (χ4n) is 1.04. The van der Waals surface area contributed by atoms with Gasteiger partial charge >= 0.3 is 0 Å². The largest absolute Gasteiger partial charge is 0.392 e. The summed E-state index contributed by atoms with van der Waals surface area (Å²) in [4.78, 5) is 5.11. The van der Waals surface area contributed by atoms with Gasteiger partial charge in [0.05, 0.1) is 0 Å². The SMILES string of the molecule is Cc1cccc(/[C]=N/OC2CC2)c1. The van der Waals surface area contributed by atoms with Crippen LogP contribution in [0.1, 0.15) is 24.0 Å². The number of aryl methyl sites for hydroxylation is 1. The summed E-state index contributed by atoms with van der Waals surface area (Å²) in [7, 11) is 0. The van der Waals surface area contributed by atoms with E-state index in [1.807, 2.05) is 31.2 Å². The van der Waals surface area contributed by atoms with Crippen molar-refractivity contribution in [3.8, 4) is 0 Å². The summed E-state index contributed by atoms with van der Waals surface area (Å²) in [6.07, 6.45) is 5.49. The van der Waals surface area contributed by atoms with E-state index in [4.69, 9.17) is 4.84 Å². The molecule has 0 amide bonds.